The molecule has 6 fully saturated rings. The van der Waals surface area contributed by atoms with Gasteiger partial charge < -0.3 is 33.9 Å². The van der Waals surface area contributed by atoms with E-state index in [4.69, 9.17) is 23.7 Å². The van der Waals surface area contributed by atoms with Gasteiger partial charge in [-0.1, -0.05) is 65.0 Å². The van der Waals surface area contributed by atoms with Gasteiger partial charge in [-0.25, -0.2) is 9.59 Å². The van der Waals surface area contributed by atoms with Crippen molar-refractivity contribution in [2.75, 3.05) is 0 Å². The van der Waals surface area contributed by atoms with Crippen molar-refractivity contribution < 1.29 is 48.3 Å². The Kier molecular flexibility index (Phi) is 5.49. The molecule has 4 heterocycles. The van der Waals surface area contributed by atoms with Crippen molar-refractivity contribution in [2.24, 2.45) is 28.1 Å². The van der Waals surface area contributed by atoms with Crippen LogP contribution in [0.3, 0.4) is 0 Å². The Hall–Kier alpha value is -2.53. The largest absolute Gasteiger partial charge is 0.459 e. The average molecular weight is 545 g/mol. The van der Waals surface area contributed by atoms with Crippen LogP contribution in [0.5, 0.6) is 0 Å². The fourth-order valence-electron chi connectivity index (χ4n) is 9.05. The highest BCUT2D eigenvalue weighted by atomic mass is 16.8. The summed E-state index contributed by atoms with van der Waals surface area (Å²) in [6.07, 6.45) is -6.16. The van der Waals surface area contributed by atoms with Crippen molar-refractivity contribution in [3.8, 4) is 0 Å². The van der Waals surface area contributed by atoms with E-state index in [1.807, 2.05) is 65.0 Å². The van der Waals surface area contributed by atoms with Crippen LogP contribution < -0.4 is 0 Å². The molecule has 2 aliphatic carbocycles. The van der Waals surface area contributed by atoms with E-state index < -0.39 is 82.0 Å². The van der Waals surface area contributed by atoms with Crippen molar-refractivity contribution in [1.82, 2.24) is 0 Å². The number of benzene rings is 1. The van der Waals surface area contributed by atoms with E-state index in [1.54, 1.807) is 0 Å². The third-order valence-electron chi connectivity index (χ3n) is 10.2. The maximum atomic E-state index is 13.8. The zero-order valence-electron chi connectivity index (χ0n) is 23.0. The van der Waals surface area contributed by atoms with Gasteiger partial charge in [0.05, 0.1) is 23.4 Å². The van der Waals surface area contributed by atoms with Gasteiger partial charge in [-0.05, 0) is 30.2 Å². The zero-order chi connectivity index (χ0) is 28.3. The van der Waals surface area contributed by atoms with E-state index in [-0.39, 0.29) is 12.5 Å². The van der Waals surface area contributed by atoms with Crippen molar-refractivity contribution >= 4 is 17.9 Å². The molecule has 0 aromatic heterocycles. The first-order valence-corrected chi connectivity index (χ1v) is 13.8. The Labute approximate surface area is 226 Å². The minimum atomic E-state index is -2.23. The third kappa shape index (κ3) is 2.56. The predicted molar refractivity (Wildman–Crippen MR) is 132 cm³/mol. The van der Waals surface area contributed by atoms with Crippen molar-refractivity contribution in [3.63, 3.8) is 0 Å². The van der Waals surface area contributed by atoms with Crippen molar-refractivity contribution in [3.05, 3.63) is 35.9 Å². The quantitative estimate of drug-likeness (QED) is 0.429. The number of ether oxygens (including phenoxy) is 5. The van der Waals surface area contributed by atoms with Gasteiger partial charge in [-0.15, -0.1) is 0 Å². The number of hydrogen-bond acceptors (Lipinski definition) is 10. The number of rotatable bonds is 3. The molecule has 4 aliphatic heterocycles. The Bertz CT molecular complexity index is 1230. The molecule has 10 heteroatoms. The smallest absolute Gasteiger partial charge is 0.343 e. The normalized spacial score (nSPS) is 48.4. The molecule has 0 bridgehead atoms. The minimum absolute atomic E-state index is 0.0731. The van der Waals surface area contributed by atoms with E-state index >= 15 is 0 Å². The molecule has 6 aliphatic rings. The molecule has 1 aromatic rings. The summed E-state index contributed by atoms with van der Waals surface area (Å²) in [7, 11) is 0. The summed E-state index contributed by atoms with van der Waals surface area (Å²) < 4.78 is 29.9. The third-order valence-corrected chi connectivity index (χ3v) is 10.2. The Morgan fingerprint density at radius 1 is 1.03 bits per heavy atom. The molecule has 39 heavy (non-hydrogen) atoms. The lowest BCUT2D eigenvalue weighted by atomic mass is 9.51. The molecule has 212 valence electrons. The molecule has 2 saturated carbocycles. The lowest BCUT2D eigenvalue weighted by Crippen LogP contribution is -2.67. The van der Waals surface area contributed by atoms with E-state index in [0.29, 0.717) is 6.42 Å². The first-order chi connectivity index (χ1) is 18.4. The number of carbonyl (C=O) groups is 3. The van der Waals surface area contributed by atoms with Gasteiger partial charge in [0, 0.05) is 0 Å². The number of aliphatic hydroxyl groups excluding tert-OH is 1. The number of fused-ring (bicyclic) bond motifs is 1. The molecular weight excluding hydrogens is 508 g/mol. The highest BCUT2D eigenvalue weighted by Crippen LogP contribution is 2.84. The molecule has 11 atom stereocenters. The lowest BCUT2D eigenvalue weighted by molar-refractivity contribution is -0.240. The van der Waals surface area contributed by atoms with Crippen LogP contribution in [0.25, 0.3) is 0 Å². The predicted octanol–water partition coefficient (Wildman–Crippen LogP) is 1.88. The van der Waals surface area contributed by atoms with Crippen LogP contribution in [0.2, 0.25) is 0 Å². The molecule has 7 rings (SSSR count). The molecule has 0 amide bonds. The molecule has 0 radical (unpaired) electrons. The Morgan fingerprint density at radius 3 is 2.33 bits per heavy atom. The summed E-state index contributed by atoms with van der Waals surface area (Å²) in [5.41, 5.74) is -7.12. The van der Waals surface area contributed by atoms with Crippen LogP contribution in [0.1, 0.15) is 53.5 Å². The maximum absolute atomic E-state index is 13.8. The monoisotopic (exact) mass is 544 g/mol. The zero-order valence-corrected chi connectivity index (χ0v) is 23.0. The number of aliphatic hydroxyl groups is 2. The summed E-state index contributed by atoms with van der Waals surface area (Å²) in [4.78, 5) is 39.9. The van der Waals surface area contributed by atoms with Crippen LogP contribution in [0.15, 0.2) is 30.3 Å². The number of carbonyl (C=O) groups excluding carboxylic acids is 3. The van der Waals surface area contributed by atoms with E-state index in [0.717, 1.165) is 5.56 Å². The minimum Gasteiger partial charge on any atom is -0.459 e. The summed E-state index contributed by atoms with van der Waals surface area (Å²) in [6.45, 7) is 11.5. The van der Waals surface area contributed by atoms with Gasteiger partial charge in [0.2, 0.25) is 11.9 Å². The highest BCUT2D eigenvalue weighted by Gasteiger charge is 3.04. The Morgan fingerprint density at radius 2 is 1.69 bits per heavy atom. The van der Waals surface area contributed by atoms with Gasteiger partial charge in [-0.2, -0.15) is 0 Å². The highest BCUT2D eigenvalue weighted by molar-refractivity contribution is 5.94. The van der Waals surface area contributed by atoms with Gasteiger partial charge in [0.25, 0.3) is 0 Å². The number of hydrogen-bond donors (Lipinski definition) is 2. The molecule has 2 spiro atoms. The van der Waals surface area contributed by atoms with Crippen LogP contribution in [0.4, 0.5) is 0 Å². The van der Waals surface area contributed by atoms with Gasteiger partial charge >= 0.3 is 17.9 Å². The van der Waals surface area contributed by atoms with E-state index in [2.05, 4.69) is 0 Å². The molecule has 4 saturated heterocycles. The van der Waals surface area contributed by atoms with E-state index in [1.165, 1.54) is 6.92 Å². The van der Waals surface area contributed by atoms with Gasteiger partial charge in [0.15, 0.2) is 17.8 Å². The topological polar surface area (TPSA) is 138 Å². The average Bonchev–Trinajstić information content (AvgIpc) is 3.61. The second kappa shape index (κ2) is 8.02. The van der Waals surface area contributed by atoms with E-state index in [9.17, 15) is 24.6 Å². The van der Waals surface area contributed by atoms with Crippen LogP contribution in [0, 0.1) is 28.1 Å². The maximum Gasteiger partial charge on any atom is 0.343 e. The SMILES string of the molecule is CC.C[C@@H]1C(=O)O[C@H]2[C@H](O)C34C5C[C@@H](C(C)(C)C)C36C(OC(=O)[C@@H]6OCc3ccccc3)O[C@]4(C(=O)O5)[C@@]12O. The number of esters is 3. The molecule has 10 nitrogen and oxygen atoms in total. The lowest BCUT2D eigenvalue weighted by Gasteiger charge is -2.48. The van der Waals surface area contributed by atoms with Crippen LogP contribution in [-0.4, -0.2) is 70.0 Å². The summed E-state index contributed by atoms with van der Waals surface area (Å²) in [5.74, 6) is -3.88. The fourth-order valence-corrected chi connectivity index (χ4v) is 9.05. The standard InChI is InChI=1S/C27H30O10.C2H6/c1-12-19(29)35-17-16(28)25-15-10-14(23(2,3)4)24(25)18(33-11-13-8-6-5-7-9-13)20(30)36-22(24)37-27(25,21(31)34-15)26(12,17)32;1-2/h5-9,12,14-18,22,28,32H,10-11H2,1-4H3;1-2H3/t12-,14+,15?,16+,17+,18+,22?,24?,25?,26-,27+;/m1./s1. The second-order valence-corrected chi connectivity index (χ2v) is 12.4. The summed E-state index contributed by atoms with van der Waals surface area (Å²) in [5, 5.41) is 24.3. The molecular formula is C29H36O10. The Balaban J connectivity index is 0.00000135. The first-order valence-electron chi connectivity index (χ1n) is 13.8. The molecule has 4 unspecified atom stereocenters. The summed E-state index contributed by atoms with van der Waals surface area (Å²) in [6, 6.07) is 9.31. The van der Waals surface area contributed by atoms with Crippen LogP contribution >= 0.6 is 0 Å². The van der Waals surface area contributed by atoms with Crippen molar-refractivity contribution in [2.45, 2.75) is 96.5 Å². The fraction of sp³-hybridized carbons (Fsp3) is 0.690. The van der Waals surface area contributed by atoms with Crippen LogP contribution in [-0.2, 0) is 44.7 Å². The second-order valence-electron chi connectivity index (χ2n) is 12.4. The van der Waals surface area contributed by atoms with Crippen molar-refractivity contribution in [1.29, 1.82) is 0 Å². The van der Waals surface area contributed by atoms with Gasteiger partial charge in [-0.3, -0.25) is 4.79 Å². The van der Waals surface area contributed by atoms with Gasteiger partial charge in [0.1, 0.15) is 12.2 Å². The first kappa shape index (κ1) is 26.7. The summed E-state index contributed by atoms with van der Waals surface area (Å²) >= 11 is 0. The molecule has 1 aromatic carbocycles. The molecule has 2 N–H and O–H groups in total.